The van der Waals surface area contributed by atoms with Gasteiger partial charge in [-0.15, -0.1) is 5.10 Å². The van der Waals surface area contributed by atoms with E-state index in [4.69, 9.17) is 11.0 Å². The fraction of sp³-hybridized carbons (Fsp3) is 0.333. The van der Waals surface area contributed by atoms with Crippen molar-refractivity contribution in [1.82, 2.24) is 9.19 Å². The predicted molar refractivity (Wildman–Crippen MR) is 46.2 cm³/mol. The Balaban J connectivity index is 3.18. The van der Waals surface area contributed by atoms with Crippen molar-refractivity contribution in [2.75, 3.05) is 11.5 Å². The summed E-state index contributed by atoms with van der Waals surface area (Å²) in [4.78, 5) is 0. The fourth-order valence-electron chi connectivity index (χ4n) is 0.736. The average Bonchev–Trinajstić information content (AvgIpc) is 2.33. The molecule has 0 fully saturated rings. The number of anilines is 1. The van der Waals surface area contributed by atoms with Crippen LogP contribution in [0.15, 0.2) is 6.20 Å². The van der Waals surface area contributed by atoms with Crippen LogP contribution in [-0.2, 0) is 10.0 Å². The minimum Gasteiger partial charge on any atom is -0.382 e. The Bertz CT molecular complexity index is 434. The Hall–Kier alpha value is -1.55. The maximum absolute atomic E-state index is 11.2. The first kappa shape index (κ1) is 9.54. The molecule has 0 unspecified atom stereocenters. The molecule has 0 bridgehead atoms. The molecule has 2 N–H and O–H groups in total. The van der Waals surface area contributed by atoms with E-state index in [0.717, 1.165) is 4.09 Å². The molecule has 7 heteroatoms. The Kier molecular flexibility index (Phi) is 2.25. The van der Waals surface area contributed by atoms with E-state index < -0.39 is 15.8 Å². The Morgan fingerprint density at radius 1 is 1.77 bits per heavy atom. The van der Waals surface area contributed by atoms with Gasteiger partial charge in [-0.05, 0) is 6.92 Å². The number of aryl methyl sites for hydroxylation is 1. The van der Waals surface area contributed by atoms with E-state index in [2.05, 4.69) is 5.10 Å². The van der Waals surface area contributed by atoms with Gasteiger partial charge in [-0.2, -0.15) is 9.35 Å². The molecule has 0 atom stereocenters. The lowest BCUT2D eigenvalue weighted by atomic mass is 10.4. The molecule has 0 aliphatic rings. The Labute approximate surface area is 75.6 Å². The average molecular weight is 200 g/mol. The summed E-state index contributed by atoms with van der Waals surface area (Å²) in [6.07, 6.45) is 1.28. The normalized spacial score (nSPS) is 11.1. The number of nitriles is 1. The van der Waals surface area contributed by atoms with Gasteiger partial charge >= 0.3 is 0 Å². The third kappa shape index (κ3) is 1.78. The van der Waals surface area contributed by atoms with Crippen LogP contribution in [-0.4, -0.2) is 23.4 Å². The van der Waals surface area contributed by atoms with Gasteiger partial charge in [0.05, 0.1) is 6.07 Å². The number of hydrogen-bond donors (Lipinski definition) is 1. The summed E-state index contributed by atoms with van der Waals surface area (Å²) in [5.41, 5.74) is 5.93. The van der Waals surface area contributed by atoms with Crippen molar-refractivity contribution in [3.8, 4) is 6.07 Å². The van der Waals surface area contributed by atoms with E-state index in [1.54, 1.807) is 13.0 Å². The van der Waals surface area contributed by atoms with Crippen LogP contribution in [0.4, 0.5) is 5.82 Å². The largest absolute Gasteiger partial charge is 0.382 e. The third-order valence-electron chi connectivity index (χ3n) is 1.45. The highest BCUT2D eigenvalue weighted by Crippen LogP contribution is 2.08. The van der Waals surface area contributed by atoms with Crippen molar-refractivity contribution in [3.63, 3.8) is 0 Å². The van der Waals surface area contributed by atoms with Crippen LogP contribution in [0.5, 0.6) is 0 Å². The summed E-state index contributed by atoms with van der Waals surface area (Å²) in [5, 5.41) is 11.8. The molecule has 1 aromatic rings. The van der Waals surface area contributed by atoms with Crippen molar-refractivity contribution < 1.29 is 8.42 Å². The topological polar surface area (TPSA) is 102 Å². The number of nitrogen functional groups attached to an aromatic ring is 1. The number of hydrogen-bond acceptors (Lipinski definition) is 5. The first-order valence-electron chi connectivity index (χ1n) is 3.39. The van der Waals surface area contributed by atoms with Gasteiger partial charge in [0.15, 0.2) is 5.75 Å². The summed E-state index contributed by atoms with van der Waals surface area (Å²) in [6.45, 7) is 1.64. The van der Waals surface area contributed by atoms with Crippen molar-refractivity contribution in [2.45, 2.75) is 6.92 Å². The lowest BCUT2D eigenvalue weighted by molar-refractivity contribution is 0.584. The number of rotatable bonds is 2. The molecule has 0 amide bonds. The van der Waals surface area contributed by atoms with Gasteiger partial charge in [0.2, 0.25) is 0 Å². The van der Waals surface area contributed by atoms with E-state index in [1.807, 2.05) is 0 Å². The zero-order valence-corrected chi connectivity index (χ0v) is 7.74. The highest BCUT2D eigenvalue weighted by Gasteiger charge is 2.14. The molecule has 13 heavy (non-hydrogen) atoms. The van der Waals surface area contributed by atoms with E-state index in [1.165, 1.54) is 6.20 Å². The molecule has 6 nitrogen and oxygen atoms in total. The smallest absolute Gasteiger partial charge is 0.267 e. The standard InChI is InChI=1S/C6H8N4O2S/c1-5-4-10(9-6(5)8)13(11,12)3-2-7/h4H,3H2,1H3,(H2,8,9). The molecule has 1 rings (SSSR count). The van der Waals surface area contributed by atoms with Gasteiger partial charge in [-0.3, -0.25) is 0 Å². The molecule has 0 saturated heterocycles. The highest BCUT2D eigenvalue weighted by atomic mass is 32.2. The van der Waals surface area contributed by atoms with Crippen molar-refractivity contribution in [1.29, 1.82) is 5.26 Å². The maximum Gasteiger partial charge on any atom is 0.267 e. The second kappa shape index (κ2) is 3.06. The zero-order valence-electron chi connectivity index (χ0n) is 6.93. The van der Waals surface area contributed by atoms with Crippen molar-refractivity contribution in [2.24, 2.45) is 0 Å². The third-order valence-corrected chi connectivity index (χ3v) is 2.70. The minimum atomic E-state index is -3.65. The van der Waals surface area contributed by atoms with Crippen LogP contribution < -0.4 is 5.73 Å². The van der Waals surface area contributed by atoms with Gasteiger partial charge in [0, 0.05) is 11.8 Å². The first-order valence-corrected chi connectivity index (χ1v) is 5.00. The van der Waals surface area contributed by atoms with Gasteiger partial charge in [-0.25, -0.2) is 8.42 Å². The monoisotopic (exact) mass is 200 g/mol. The first-order chi connectivity index (χ1) is 5.97. The Morgan fingerprint density at radius 2 is 2.38 bits per heavy atom. The van der Waals surface area contributed by atoms with Crippen LogP contribution in [0.1, 0.15) is 5.56 Å². The van der Waals surface area contributed by atoms with Crippen LogP contribution in [0.3, 0.4) is 0 Å². The molecule has 70 valence electrons. The molecule has 0 aliphatic heterocycles. The molecule has 0 spiro atoms. The second-order valence-corrected chi connectivity index (χ2v) is 4.31. The maximum atomic E-state index is 11.2. The van der Waals surface area contributed by atoms with Crippen LogP contribution in [0, 0.1) is 18.3 Å². The molecule has 0 aromatic carbocycles. The summed E-state index contributed by atoms with van der Waals surface area (Å²) in [5.74, 6) is -0.449. The number of nitrogens with two attached hydrogens (primary N) is 1. The lowest BCUT2D eigenvalue weighted by Crippen LogP contribution is -2.16. The van der Waals surface area contributed by atoms with Crippen molar-refractivity contribution >= 4 is 15.8 Å². The summed E-state index contributed by atoms with van der Waals surface area (Å²) in [7, 11) is -3.65. The summed E-state index contributed by atoms with van der Waals surface area (Å²) in [6, 6.07) is 1.55. The highest BCUT2D eigenvalue weighted by molar-refractivity contribution is 7.90. The SMILES string of the molecule is Cc1cn(S(=O)(=O)CC#N)nc1N. The summed E-state index contributed by atoms with van der Waals surface area (Å²) < 4.78 is 23.2. The lowest BCUT2D eigenvalue weighted by Gasteiger charge is -1.96. The molecular formula is C6H8N4O2S. The Morgan fingerprint density at radius 3 is 2.77 bits per heavy atom. The summed E-state index contributed by atoms with van der Waals surface area (Å²) >= 11 is 0. The van der Waals surface area contributed by atoms with E-state index >= 15 is 0 Å². The van der Waals surface area contributed by atoms with Crippen LogP contribution >= 0.6 is 0 Å². The van der Waals surface area contributed by atoms with E-state index in [-0.39, 0.29) is 5.82 Å². The molecule has 0 radical (unpaired) electrons. The van der Waals surface area contributed by atoms with Gasteiger partial charge in [0.1, 0.15) is 5.82 Å². The fourth-order valence-corrected chi connectivity index (χ4v) is 1.56. The second-order valence-electron chi connectivity index (χ2n) is 2.48. The van der Waals surface area contributed by atoms with Crippen LogP contribution in [0.2, 0.25) is 0 Å². The van der Waals surface area contributed by atoms with Crippen LogP contribution in [0.25, 0.3) is 0 Å². The quantitative estimate of drug-likeness (QED) is 0.691. The van der Waals surface area contributed by atoms with Gasteiger partial charge in [0.25, 0.3) is 10.0 Å². The number of aromatic nitrogens is 2. The minimum absolute atomic E-state index is 0.154. The predicted octanol–water partition coefficient (Wildman–Crippen LogP) is -0.525. The molecule has 1 heterocycles. The van der Waals surface area contributed by atoms with Gasteiger partial charge < -0.3 is 5.73 Å². The van der Waals surface area contributed by atoms with Gasteiger partial charge in [-0.1, -0.05) is 0 Å². The zero-order chi connectivity index (χ0) is 10.1. The van der Waals surface area contributed by atoms with Crippen molar-refractivity contribution in [3.05, 3.63) is 11.8 Å². The molecular weight excluding hydrogens is 192 g/mol. The van der Waals surface area contributed by atoms with E-state index in [0.29, 0.717) is 5.56 Å². The molecule has 0 saturated carbocycles. The molecule has 0 aliphatic carbocycles. The molecule has 1 aromatic heterocycles. The number of nitrogens with zero attached hydrogens (tertiary/aromatic N) is 3. The van der Waals surface area contributed by atoms with E-state index in [9.17, 15) is 8.42 Å².